The quantitative estimate of drug-likeness (QED) is 0.576. The van der Waals surface area contributed by atoms with Gasteiger partial charge in [0.2, 0.25) is 0 Å². The van der Waals surface area contributed by atoms with Crippen molar-refractivity contribution in [3.05, 3.63) is 35.4 Å². The van der Waals surface area contributed by atoms with Crippen LogP contribution in [0.2, 0.25) is 36.3 Å². The van der Waals surface area contributed by atoms with Gasteiger partial charge in [0, 0.05) is 0 Å². The van der Waals surface area contributed by atoms with E-state index in [0.717, 1.165) is 12.8 Å². The third-order valence-electron chi connectivity index (χ3n) is 6.42. The molecule has 1 unspecified atom stereocenters. The van der Waals surface area contributed by atoms with Gasteiger partial charge in [-0.25, -0.2) is 0 Å². The summed E-state index contributed by atoms with van der Waals surface area (Å²) < 4.78 is 0. The Labute approximate surface area is 156 Å². The van der Waals surface area contributed by atoms with Crippen molar-refractivity contribution in [2.45, 2.75) is 82.7 Å². The monoisotopic (exact) mass is 381 g/mol. The molecule has 1 aromatic rings. The van der Waals surface area contributed by atoms with Gasteiger partial charge in [-0.15, -0.1) is 0 Å². The van der Waals surface area contributed by atoms with E-state index in [1.165, 1.54) is 11.1 Å². The van der Waals surface area contributed by atoms with Crippen LogP contribution in [-0.2, 0) is 6.42 Å². The summed E-state index contributed by atoms with van der Waals surface area (Å²) in [6.45, 7) is 17.3. The van der Waals surface area contributed by atoms with Crippen LogP contribution in [0, 0.1) is 0 Å². The molecular weight excluding hydrogens is 342 g/mol. The van der Waals surface area contributed by atoms with Gasteiger partial charge in [-0.3, -0.25) is 0 Å². The molecule has 1 atom stereocenters. The Bertz CT molecular complexity index is 572. The van der Waals surface area contributed by atoms with Crippen molar-refractivity contribution < 1.29 is 9.59 Å². The number of rotatable bonds is 8. The molecule has 3 nitrogen and oxygen atoms in total. The normalized spacial score (nSPS) is 15.3. The van der Waals surface area contributed by atoms with Gasteiger partial charge in [0.25, 0.3) is 0 Å². The van der Waals surface area contributed by atoms with Gasteiger partial charge in [0.1, 0.15) is 0 Å². The molecule has 0 spiro atoms. The molecule has 0 aliphatic carbocycles. The average Bonchev–Trinajstić information content (AvgIpc) is 2.42. The lowest BCUT2D eigenvalue weighted by Gasteiger charge is -2.38. The second-order valence-electron chi connectivity index (χ2n) is 9.94. The summed E-state index contributed by atoms with van der Waals surface area (Å²) in [6, 6.07) is 8.65. The van der Waals surface area contributed by atoms with E-state index in [1.807, 2.05) is 26.2 Å². The third kappa shape index (κ3) is 5.76. The molecule has 0 amide bonds. The molecule has 0 aromatic heterocycles. The number of nitrogens with two attached hydrogens (primary N) is 1. The molecular formula is C20H39NO2Si2. The molecule has 144 valence electrons. The summed E-state index contributed by atoms with van der Waals surface area (Å²) in [5.41, 5.74) is 8.61. The lowest BCUT2D eigenvalue weighted by Crippen LogP contribution is -2.40. The van der Waals surface area contributed by atoms with Gasteiger partial charge < -0.3 is 15.3 Å². The molecule has 0 heterocycles. The minimum atomic E-state index is -2.26. The zero-order valence-corrected chi connectivity index (χ0v) is 19.5. The predicted octanol–water partition coefficient (Wildman–Crippen LogP) is 4.62. The molecule has 0 aliphatic heterocycles. The summed E-state index contributed by atoms with van der Waals surface area (Å²) in [6.07, 6.45) is 1.77. The van der Waals surface area contributed by atoms with Crippen LogP contribution in [0.3, 0.4) is 0 Å². The Balaban J connectivity index is 3.06. The number of hydrogen-bond donors (Lipinski definition) is 3. The molecule has 0 saturated carbocycles. The molecule has 0 bridgehead atoms. The van der Waals surface area contributed by atoms with E-state index in [4.69, 9.17) is 5.73 Å². The molecule has 0 fully saturated rings. The van der Waals surface area contributed by atoms with Crippen molar-refractivity contribution in [1.29, 1.82) is 0 Å². The highest BCUT2D eigenvalue weighted by molar-refractivity contribution is 6.73. The predicted molar refractivity (Wildman–Crippen MR) is 114 cm³/mol. The molecule has 1 rings (SSSR count). The van der Waals surface area contributed by atoms with Gasteiger partial charge in [0.15, 0.2) is 16.6 Å². The maximum absolute atomic E-state index is 10.6. The smallest absolute Gasteiger partial charge is 0.188 e. The van der Waals surface area contributed by atoms with Crippen LogP contribution in [0.1, 0.15) is 51.2 Å². The van der Waals surface area contributed by atoms with Gasteiger partial charge >= 0.3 is 0 Å². The standard InChI is InChI=1S/C20H39NO2Si2/c1-19(2,24(5,6)22)13-16-10-9-11-17(12-16)18(15-21)14-20(3,4)25(7,8)23/h9-12,18,22-23H,13-15,21H2,1-8H3. The van der Waals surface area contributed by atoms with E-state index >= 15 is 0 Å². The maximum Gasteiger partial charge on any atom is 0.188 e. The van der Waals surface area contributed by atoms with Gasteiger partial charge in [-0.1, -0.05) is 52.0 Å². The largest absolute Gasteiger partial charge is 0.432 e. The fourth-order valence-corrected chi connectivity index (χ4v) is 4.27. The minimum Gasteiger partial charge on any atom is -0.432 e. The fourth-order valence-electron chi connectivity index (χ4n) is 2.89. The molecule has 5 heteroatoms. The first kappa shape index (κ1) is 22.6. The third-order valence-corrected chi connectivity index (χ3v) is 13.4. The molecule has 1 aromatic carbocycles. The van der Waals surface area contributed by atoms with Crippen molar-refractivity contribution >= 4 is 16.6 Å². The Morgan fingerprint density at radius 2 is 1.48 bits per heavy atom. The van der Waals surface area contributed by atoms with E-state index in [1.54, 1.807) is 0 Å². The van der Waals surface area contributed by atoms with E-state index in [2.05, 4.69) is 52.0 Å². The van der Waals surface area contributed by atoms with Crippen LogP contribution in [0.25, 0.3) is 0 Å². The van der Waals surface area contributed by atoms with Crippen LogP contribution in [0.4, 0.5) is 0 Å². The zero-order valence-electron chi connectivity index (χ0n) is 17.5. The van der Waals surface area contributed by atoms with Crippen molar-refractivity contribution in [1.82, 2.24) is 0 Å². The van der Waals surface area contributed by atoms with Gasteiger partial charge in [0.05, 0.1) is 0 Å². The first-order valence-corrected chi connectivity index (χ1v) is 15.2. The highest BCUT2D eigenvalue weighted by Gasteiger charge is 2.40. The van der Waals surface area contributed by atoms with Crippen LogP contribution < -0.4 is 5.73 Å². The number of benzene rings is 1. The SMILES string of the molecule is CC(C)(Cc1cccc(C(CN)CC(C)(C)[Si](C)(C)O)c1)[Si](C)(C)O. The second kappa shape index (κ2) is 7.65. The van der Waals surface area contributed by atoms with Gasteiger partial charge in [-0.05, 0) is 72.7 Å². The first-order valence-electron chi connectivity index (χ1n) is 9.34. The van der Waals surface area contributed by atoms with Crippen LogP contribution in [-0.4, -0.2) is 32.8 Å². The molecule has 25 heavy (non-hydrogen) atoms. The molecule has 0 saturated heterocycles. The topological polar surface area (TPSA) is 66.5 Å². The van der Waals surface area contributed by atoms with Crippen molar-refractivity contribution in [3.8, 4) is 0 Å². The summed E-state index contributed by atoms with van der Waals surface area (Å²) in [5, 5.41) is -0.171. The lowest BCUT2D eigenvalue weighted by molar-refractivity contribution is 0.424. The molecule has 0 aliphatic rings. The zero-order chi connectivity index (χ0) is 19.7. The van der Waals surface area contributed by atoms with Crippen molar-refractivity contribution in [2.75, 3.05) is 6.54 Å². The van der Waals surface area contributed by atoms with Crippen LogP contribution in [0.5, 0.6) is 0 Å². The Hall–Kier alpha value is -0.466. The van der Waals surface area contributed by atoms with E-state index in [-0.39, 0.29) is 16.0 Å². The fraction of sp³-hybridized carbons (Fsp3) is 0.700. The maximum atomic E-state index is 10.6. The minimum absolute atomic E-state index is 0.0802. The highest BCUT2D eigenvalue weighted by atomic mass is 28.4. The second-order valence-corrected chi connectivity index (χ2v) is 18.9. The van der Waals surface area contributed by atoms with E-state index in [9.17, 15) is 9.59 Å². The Kier molecular flexibility index (Phi) is 6.90. The highest BCUT2D eigenvalue weighted by Crippen LogP contribution is 2.44. The average molecular weight is 382 g/mol. The van der Waals surface area contributed by atoms with Crippen LogP contribution in [0.15, 0.2) is 24.3 Å². The molecule has 0 radical (unpaired) electrons. The van der Waals surface area contributed by atoms with E-state index in [0.29, 0.717) is 6.54 Å². The van der Waals surface area contributed by atoms with E-state index < -0.39 is 16.6 Å². The molecule has 4 N–H and O–H groups in total. The summed E-state index contributed by atoms with van der Waals surface area (Å²) in [7, 11) is -4.49. The van der Waals surface area contributed by atoms with Crippen molar-refractivity contribution in [2.24, 2.45) is 5.73 Å². The first-order chi connectivity index (χ1) is 11.1. The number of hydrogen-bond acceptors (Lipinski definition) is 3. The van der Waals surface area contributed by atoms with Crippen molar-refractivity contribution in [3.63, 3.8) is 0 Å². The summed E-state index contributed by atoms with van der Waals surface area (Å²) >= 11 is 0. The van der Waals surface area contributed by atoms with Gasteiger partial charge in [-0.2, -0.15) is 0 Å². The lowest BCUT2D eigenvalue weighted by atomic mass is 9.88. The Morgan fingerprint density at radius 1 is 0.960 bits per heavy atom. The summed E-state index contributed by atoms with van der Waals surface area (Å²) in [4.78, 5) is 21.2. The summed E-state index contributed by atoms with van der Waals surface area (Å²) in [5.74, 6) is 0.247. The Morgan fingerprint density at radius 3 is 1.92 bits per heavy atom. The van der Waals surface area contributed by atoms with Crippen LogP contribution >= 0.6 is 0 Å².